The number of benzene rings is 1. The Labute approximate surface area is 170 Å². The van der Waals surface area contributed by atoms with Crippen molar-refractivity contribution in [3.05, 3.63) is 93.6 Å². The molecule has 0 bridgehead atoms. The Hall–Kier alpha value is -3.36. The zero-order valence-corrected chi connectivity index (χ0v) is 16.5. The van der Waals surface area contributed by atoms with E-state index in [0.29, 0.717) is 17.0 Å². The molecule has 0 saturated heterocycles. The average molecular weight is 402 g/mol. The lowest BCUT2D eigenvalue weighted by atomic mass is 10.0. The van der Waals surface area contributed by atoms with Crippen LogP contribution in [-0.2, 0) is 13.6 Å². The van der Waals surface area contributed by atoms with Crippen LogP contribution in [0.1, 0.15) is 23.1 Å². The van der Waals surface area contributed by atoms with Crippen LogP contribution in [0.3, 0.4) is 0 Å². The Morgan fingerprint density at radius 2 is 1.90 bits per heavy atom. The fourth-order valence-electron chi connectivity index (χ4n) is 3.55. The molecule has 1 atom stereocenters. The van der Waals surface area contributed by atoms with E-state index in [2.05, 4.69) is 32.6 Å². The lowest BCUT2D eigenvalue weighted by Gasteiger charge is -2.18. The summed E-state index contributed by atoms with van der Waals surface area (Å²) in [6, 6.07) is 17.9. The van der Waals surface area contributed by atoms with Gasteiger partial charge in [0, 0.05) is 13.2 Å². The Morgan fingerprint density at radius 3 is 2.69 bits per heavy atom. The average Bonchev–Trinajstić information content (AvgIpc) is 3.41. The number of fused-ring (bicyclic) bond motifs is 3. The predicted molar refractivity (Wildman–Crippen MR) is 113 cm³/mol. The van der Waals surface area contributed by atoms with Crippen LogP contribution in [0, 0.1) is 0 Å². The zero-order chi connectivity index (χ0) is 19.8. The standard InChI is InChI=1S/C21H18N6OS/c1-26-20(28)19-16(10-12-29-19)27-17(24-25-21(26)27)13-23-18(14-7-3-2-4-8-14)15-9-5-6-11-22-15/h2-12,18,23H,13H2,1H3. The molecule has 5 aromatic rings. The van der Waals surface area contributed by atoms with Crippen LogP contribution in [0.15, 0.2) is 71.0 Å². The molecular formula is C21H18N6OS. The minimum Gasteiger partial charge on any atom is -0.298 e. The molecule has 0 aliphatic heterocycles. The van der Waals surface area contributed by atoms with Crippen molar-refractivity contribution in [3.63, 3.8) is 0 Å². The van der Waals surface area contributed by atoms with Gasteiger partial charge in [0.15, 0.2) is 5.82 Å². The molecule has 144 valence electrons. The first kappa shape index (κ1) is 17.7. The Bertz CT molecular complexity index is 1300. The van der Waals surface area contributed by atoms with Gasteiger partial charge in [-0.25, -0.2) is 0 Å². The normalized spacial score (nSPS) is 12.6. The minimum atomic E-state index is -0.0877. The molecule has 29 heavy (non-hydrogen) atoms. The summed E-state index contributed by atoms with van der Waals surface area (Å²) in [5.41, 5.74) is 2.84. The van der Waals surface area contributed by atoms with Crippen molar-refractivity contribution in [2.45, 2.75) is 12.6 Å². The molecule has 1 N–H and O–H groups in total. The smallest absolute Gasteiger partial charge is 0.272 e. The van der Waals surface area contributed by atoms with Gasteiger partial charge in [0.2, 0.25) is 5.78 Å². The number of rotatable bonds is 5. The molecule has 0 amide bonds. The molecule has 0 aliphatic rings. The molecule has 5 rings (SSSR count). The molecule has 0 spiro atoms. The Kier molecular flexibility index (Phi) is 4.42. The lowest BCUT2D eigenvalue weighted by Crippen LogP contribution is -2.25. The van der Waals surface area contributed by atoms with Gasteiger partial charge in [0.25, 0.3) is 5.56 Å². The van der Waals surface area contributed by atoms with Crippen molar-refractivity contribution in [1.82, 2.24) is 29.5 Å². The van der Waals surface area contributed by atoms with Crippen molar-refractivity contribution in [3.8, 4) is 0 Å². The van der Waals surface area contributed by atoms with E-state index in [1.807, 2.05) is 52.2 Å². The second-order valence-electron chi connectivity index (χ2n) is 6.73. The molecule has 4 aromatic heterocycles. The largest absolute Gasteiger partial charge is 0.298 e. The van der Waals surface area contributed by atoms with Gasteiger partial charge in [-0.1, -0.05) is 36.4 Å². The van der Waals surface area contributed by atoms with Crippen LogP contribution in [0.25, 0.3) is 16.0 Å². The number of aryl methyl sites for hydroxylation is 1. The highest BCUT2D eigenvalue weighted by Crippen LogP contribution is 2.22. The monoisotopic (exact) mass is 402 g/mol. The number of nitrogens with zero attached hydrogens (tertiary/aromatic N) is 5. The Balaban J connectivity index is 1.56. The summed E-state index contributed by atoms with van der Waals surface area (Å²) in [6.45, 7) is 0.473. The van der Waals surface area contributed by atoms with Gasteiger partial charge >= 0.3 is 0 Å². The molecule has 7 nitrogen and oxygen atoms in total. The second kappa shape index (κ2) is 7.23. The maximum atomic E-state index is 12.5. The molecule has 0 fully saturated rings. The first-order valence-electron chi connectivity index (χ1n) is 9.23. The van der Waals surface area contributed by atoms with E-state index in [0.717, 1.165) is 22.6 Å². The van der Waals surface area contributed by atoms with Crippen LogP contribution in [0.4, 0.5) is 0 Å². The van der Waals surface area contributed by atoms with Crippen LogP contribution >= 0.6 is 11.3 Å². The molecule has 1 aromatic carbocycles. The number of hydrogen-bond donors (Lipinski definition) is 1. The first-order valence-corrected chi connectivity index (χ1v) is 10.1. The van der Waals surface area contributed by atoms with E-state index < -0.39 is 0 Å². The number of pyridine rings is 1. The number of hydrogen-bond acceptors (Lipinski definition) is 6. The number of thiophene rings is 1. The highest BCUT2D eigenvalue weighted by molar-refractivity contribution is 7.17. The molecule has 0 aliphatic carbocycles. The zero-order valence-electron chi connectivity index (χ0n) is 15.7. The van der Waals surface area contributed by atoms with Crippen LogP contribution < -0.4 is 10.9 Å². The Morgan fingerprint density at radius 1 is 1.07 bits per heavy atom. The maximum absolute atomic E-state index is 12.5. The molecule has 0 saturated carbocycles. The van der Waals surface area contributed by atoms with Gasteiger partial charge in [-0.3, -0.25) is 24.1 Å². The summed E-state index contributed by atoms with van der Waals surface area (Å²) >= 11 is 1.43. The quantitative estimate of drug-likeness (QED) is 0.489. The van der Waals surface area contributed by atoms with Gasteiger partial charge in [-0.05, 0) is 29.1 Å². The van der Waals surface area contributed by atoms with Gasteiger partial charge < -0.3 is 0 Å². The van der Waals surface area contributed by atoms with Crippen molar-refractivity contribution < 1.29 is 0 Å². The molecule has 0 radical (unpaired) electrons. The highest BCUT2D eigenvalue weighted by atomic mass is 32.1. The summed E-state index contributed by atoms with van der Waals surface area (Å²) in [5.74, 6) is 1.28. The number of aromatic nitrogens is 5. The highest BCUT2D eigenvalue weighted by Gasteiger charge is 2.19. The minimum absolute atomic E-state index is 0.0509. The second-order valence-corrected chi connectivity index (χ2v) is 7.65. The summed E-state index contributed by atoms with van der Waals surface area (Å²) in [7, 11) is 1.73. The van der Waals surface area contributed by atoms with Crippen molar-refractivity contribution in [2.75, 3.05) is 0 Å². The predicted octanol–water partition coefficient (Wildman–Crippen LogP) is 2.92. The summed E-state index contributed by atoms with van der Waals surface area (Å²) in [4.78, 5) is 17.1. The third-order valence-corrected chi connectivity index (χ3v) is 5.87. The molecule has 4 heterocycles. The van der Waals surface area contributed by atoms with Gasteiger partial charge in [-0.15, -0.1) is 21.5 Å². The van der Waals surface area contributed by atoms with Crippen LogP contribution in [0.5, 0.6) is 0 Å². The van der Waals surface area contributed by atoms with Crippen LogP contribution in [-0.4, -0.2) is 24.1 Å². The summed E-state index contributed by atoms with van der Waals surface area (Å²) in [5, 5.41) is 14.1. The van der Waals surface area contributed by atoms with Crippen LogP contribution in [0.2, 0.25) is 0 Å². The topological polar surface area (TPSA) is 77.1 Å². The van der Waals surface area contributed by atoms with Crippen molar-refractivity contribution >= 4 is 27.3 Å². The summed E-state index contributed by atoms with van der Waals surface area (Å²) < 4.78 is 4.19. The van der Waals surface area contributed by atoms with E-state index >= 15 is 0 Å². The van der Waals surface area contributed by atoms with Crippen molar-refractivity contribution in [2.24, 2.45) is 7.05 Å². The van der Waals surface area contributed by atoms with E-state index in [1.165, 1.54) is 11.3 Å². The van der Waals surface area contributed by atoms with E-state index in [-0.39, 0.29) is 11.6 Å². The lowest BCUT2D eigenvalue weighted by molar-refractivity contribution is 0.573. The van der Waals surface area contributed by atoms with E-state index in [4.69, 9.17) is 0 Å². The first-order chi connectivity index (χ1) is 14.2. The van der Waals surface area contributed by atoms with Crippen molar-refractivity contribution in [1.29, 1.82) is 0 Å². The van der Waals surface area contributed by atoms with E-state index in [1.54, 1.807) is 17.8 Å². The summed E-state index contributed by atoms with van der Waals surface area (Å²) in [6.07, 6.45) is 1.80. The maximum Gasteiger partial charge on any atom is 0.272 e. The van der Waals surface area contributed by atoms with Gasteiger partial charge in [-0.2, -0.15) is 0 Å². The fraction of sp³-hybridized carbons (Fsp3) is 0.143. The third-order valence-electron chi connectivity index (χ3n) is 4.98. The van der Waals surface area contributed by atoms with Gasteiger partial charge in [0.1, 0.15) is 4.70 Å². The van der Waals surface area contributed by atoms with Gasteiger partial charge in [0.05, 0.1) is 23.8 Å². The molecule has 1 unspecified atom stereocenters. The van der Waals surface area contributed by atoms with E-state index in [9.17, 15) is 4.79 Å². The SMILES string of the molecule is Cn1c(=O)c2sccc2n2c(CNC(c3ccccc3)c3ccccn3)nnc12. The fourth-order valence-corrected chi connectivity index (χ4v) is 4.40. The molecule has 8 heteroatoms. The number of nitrogens with one attached hydrogen (secondary N) is 1. The molecular weight excluding hydrogens is 384 g/mol. The third kappa shape index (κ3) is 3.02.